The van der Waals surface area contributed by atoms with Crippen molar-refractivity contribution in [2.24, 2.45) is 23.5 Å². The van der Waals surface area contributed by atoms with E-state index < -0.39 is 0 Å². The van der Waals surface area contributed by atoms with E-state index in [1.807, 2.05) is 0 Å². The Morgan fingerprint density at radius 1 is 1.14 bits per heavy atom. The average Bonchev–Trinajstić information content (AvgIpc) is 2.28. The van der Waals surface area contributed by atoms with E-state index in [1.54, 1.807) is 0 Å². The molecule has 1 nitrogen and oxygen atoms in total. The van der Waals surface area contributed by atoms with Gasteiger partial charge >= 0.3 is 0 Å². The standard InChI is InChI=1S/C13H27N/c1-10(2)12(4)13(14)8-5-6-11(3)7-9-13/h10-12H,5-9,14H2,1-4H3. The molecule has 0 aromatic heterocycles. The van der Waals surface area contributed by atoms with Crippen LogP contribution in [0.5, 0.6) is 0 Å². The van der Waals surface area contributed by atoms with Crippen LogP contribution in [0.25, 0.3) is 0 Å². The molecular weight excluding hydrogens is 170 g/mol. The molecule has 0 radical (unpaired) electrons. The molecule has 3 unspecified atom stereocenters. The van der Waals surface area contributed by atoms with Crippen LogP contribution in [0.2, 0.25) is 0 Å². The Balaban J connectivity index is 2.63. The van der Waals surface area contributed by atoms with Gasteiger partial charge in [-0.05, 0) is 37.0 Å². The quantitative estimate of drug-likeness (QED) is 0.673. The van der Waals surface area contributed by atoms with Crippen molar-refractivity contribution >= 4 is 0 Å². The normalized spacial score (nSPS) is 36.9. The third-order valence-corrected chi connectivity index (χ3v) is 4.35. The molecule has 0 saturated heterocycles. The van der Waals surface area contributed by atoms with E-state index in [0.717, 1.165) is 5.92 Å². The summed E-state index contributed by atoms with van der Waals surface area (Å²) in [5.74, 6) is 2.26. The third kappa shape index (κ3) is 2.73. The van der Waals surface area contributed by atoms with Crippen LogP contribution in [-0.2, 0) is 0 Å². The molecule has 2 N–H and O–H groups in total. The Hall–Kier alpha value is -0.0400. The van der Waals surface area contributed by atoms with Gasteiger partial charge in [0.2, 0.25) is 0 Å². The fraction of sp³-hybridized carbons (Fsp3) is 1.00. The molecule has 14 heavy (non-hydrogen) atoms. The number of rotatable bonds is 2. The lowest BCUT2D eigenvalue weighted by Crippen LogP contribution is -2.47. The molecule has 0 aromatic carbocycles. The molecule has 1 aliphatic rings. The summed E-state index contributed by atoms with van der Waals surface area (Å²) in [5.41, 5.74) is 6.69. The second-order valence-corrected chi connectivity index (χ2v) is 5.80. The summed E-state index contributed by atoms with van der Waals surface area (Å²) in [6.07, 6.45) is 6.50. The highest BCUT2D eigenvalue weighted by molar-refractivity contribution is 4.92. The first-order chi connectivity index (χ1) is 6.46. The van der Waals surface area contributed by atoms with Crippen molar-refractivity contribution < 1.29 is 0 Å². The Kier molecular flexibility index (Phi) is 4.00. The van der Waals surface area contributed by atoms with Gasteiger partial charge in [-0.15, -0.1) is 0 Å². The highest BCUT2D eigenvalue weighted by atomic mass is 14.8. The smallest absolute Gasteiger partial charge is 0.0182 e. The molecule has 1 rings (SSSR count). The summed E-state index contributed by atoms with van der Waals surface area (Å²) >= 11 is 0. The molecule has 1 saturated carbocycles. The second kappa shape index (κ2) is 4.65. The lowest BCUT2D eigenvalue weighted by atomic mass is 9.74. The molecule has 0 spiro atoms. The molecule has 0 bridgehead atoms. The summed E-state index contributed by atoms with van der Waals surface area (Å²) in [6, 6.07) is 0. The SMILES string of the molecule is CC1CCCC(N)(C(C)C(C)C)CC1. The van der Waals surface area contributed by atoms with Gasteiger partial charge in [-0.25, -0.2) is 0 Å². The van der Waals surface area contributed by atoms with Crippen LogP contribution in [0.4, 0.5) is 0 Å². The molecule has 1 heteroatoms. The van der Waals surface area contributed by atoms with Crippen LogP contribution in [0.15, 0.2) is 0 Å². The molecule has 1 aliphatic carbocycles. The van der Waals surface area contributed by atoms with Crippen molar-refractivity contribution in [3.05, 3.63) is 0 Å². The fourth-order valence-electron chi connectivity index (χ4n) is 2.68. The highest BCUT2D eigenvalue weighted by Gasteiger charge is 2.34. The van der Waals surface area contributed by atoms with Gasteiger partial charge in [0.15, 0.2) is 0 Å². The van der Waals surface area contributed by atoms with Crippen LogP contribution in [0, 0.1) is 17.8 Å². The Morgan fingerprint density at radius 2 is 1.79 bits per heavy atom. The van der Waals surface area contributed by atoms with Crippen molar-refractivity contribution in [2.75, 3.05) is 0 Å². The minimum atomic E-state index is 0.124. The maximum absolute atomic E-state index is 6.57. The molecule has 0 aromatic rings. The first kappa shape index (κ1) is 12.0. The first-order valence-corrected chi connectivity index (χ1v) is 6.24. The molecule has 84 valence electrons. The zero-order valence-corrected chi connectivity index (χ0v) is 10.3. The van der Waals surface area contributed by atoms with Crippen LogP contribution < -0.4 is 5.73 Å². The summed E-state index contributed by atoms with van der Waals surface area (Å²) in [4.78, 5) is 0. The molecular formula is C13H27N. The van der Waals surface area contributed by atoms with E-state index in [1.165, 1.54) is 32.1 Å². The fourth-order valence-corrected chi connectivity index (χ4v) is 2.68. The maximum Gasteiger partial charge on any atom is 0.0182 e. The number of nitrogens with two attached hydrogens (primary N) is 1. The maximum atomic E-state index is 6.57. The molecule has 3 atom stereocenters. The lowest BCUT2D eigenvalue weighted by molar-refractivity contribution is 0.199. The topological polar surface area (TPSA) is 26.0 Å². The Bertz CT molecular complexity index is 176. The third-order valence-electron chi connectivity index (χ3n) is 4.35. The summed E-state index contributed by atoms with van der Waals surface area (Å²) in [7, 11) is 0. The Labute approximate surface area is 89.5 Å². The van der Waals surface area contributed by atoms with Gasteiger partial charge in [0.05, 0.1) is 0 Å². The van der Waals surface area contributed by atoms with Gasteiger partial charge in [-0.2, -0.15) is 0 Å². The van der Waals surface area contributed by atoms with Crippen molar-refractivity contribution in [3.63, 3.8) is 0 Å². The zero-order valence-electron chi connectivity index (χ0n) is 10.3. The minimum Gasteiger partial charge on any atom is -0.325 e. The minimum absolute atomic E-state index is 0.124. The van der Waals surface area contributed by atoms with Crippen LogP contribution in [0.1, 0.15) is 59.8 Å². The average molecular weight is 197 g/mol. The van der Waals surface area contributed by atoms with Gasteiger partial charge < -0.3 is 5.73 Å². The van der Waals surface area contributed by atoms with Gasteiger partial charge in [0.1, 0.15) is 0 Å². The van der Waals surface area contributed by atoms with E-state index in [9.17, 15) is 0 Å². The lowest BCUT2D eigenvalue weighted by Gasteiger charge is -2.37. The van der Waals surface area contributed by atoms with E-state index in [4.69, 9.17) is 5.73 Å². The van der Waals surface area contributed by atoms with Crippen molar-refractivity contribution in [3.8, 4) is 0 Å². The van der Waals surface area contributed by atoms with Gasteiger partial charge in [0, 0.05) is 5.54 Å². The molecule has 0 amide bonds. The second-order valence-electron chi connectivity index (χ2n) is 5.80. The monoisotopic (exact) mass is 197 g/mol. The van der Waals surface area contributed by atoms with Gasteiger partial charge in [-0.3, -0.25) is 0 Å². The van der Waals surface area contributed by atoms with Crippen molar-refractivity contribution in [1.29, 1.82) is 0 Å². The van der Waals surface area contributed by atoms with Crippen LogP contribution in [-0.4, -0.2) is 5.54 Å². The van der Waals surface area contributed by atoms with Gasteiger partial charge in [-0.1, -0.05) is 40.5 Å². The van der Waals surface area contributed by atoms with E-state index in [-0.39, 0.29) is 5.54 Å². The predicted octanol–water partition coefficient (Wildman–Crippen LogP) is 3.58. The molecule has 1 fully saturated rings. The number of hydrogen-bond donors (Lipinski definition) is 1. The van der Waals surface area contributed by atoms with E-state index >= 15 is 0 Å². The van der Waals surface area contributed by atoms with E-state index in [2.05, 4.69) is 27.7 Å². The summed E-state index contributed by atoms with van der Waals surface area (Å²) in [6.45, 7) is 9.30. The van der Waals surface area contributed by atoms with Crippen molar-refractivity contribution in [2.45, 2.75) is 65.3 Å². The number of hydrogen-bond acceptors (Lipinski definition) is 1. The summed E-state index contributed by atoms with van der Waals surface area (Å²) < 4.78 is 0. The van der Waals surface area contributed by atoms with E-state index in [0.29, 0.717) is 11.8 Å². The predicted molar refractivity (Wildman–Crippen MR) is 63.2 cm³/mol. The Morgan fingerprint density at radius 3 is 2.36 bits per heavy atom. The van der Waals surface area contributed by atoms with Crippen LogP contribution >= 0.6 is 0 Å². The van der Waals surface area contributed by atoms with Gasteiger partial charge in [0.25, 0.3) is 0 Å². The van der Waals surface area contributed by atoms with Crippen molar-refractivity contribution in [1.82, 2.24) is 0 Å². The highest BCUT2D eigenvalue weighted by Crippen LogP contribution is 2.36. The first-order valence-electron chi connectivity index (χ1n) is 6.24. The van der Waals surface area contributed by atoms with Crippen LogP contribution in [0.3, 0.4) is 0 Å². The molecule has 0 heterocycles. The largest absolute Gasteiger partial charge is 0.325 e. The molecule has 0 aliphatic heterocycles. The summed E-state index contributed by atoms with van der Waals surface area (Å²) in [5, 5.41) is 0. The zero-order chi connectivity index (χ0) is 10.8.